The summed E-state index contributed by atoms with van der Waals surface area (Å²) in [6.45, 7) is 2.94. The van der Waals surface area contributed by atoms with E-state index in [0.29, 0.717) is 0 Å². The van der Waals surface area contributed by atoms with Crippen LogP contribution < -0.4 is 14.8 Å². The van der Waals surface area contributed by atoms with Crippen LogP contribution >= 0.6 is 0 Å². The van der Waals surface area contributed by atoms with E-state index >= 15 is 0 Å². The molecular formula is C26H28FN2O2+. The molecule has 0 spiro atoms. The Balaban J connectivity index is 1.72. The Morgan fingerprint density at radius 1 is 0.903 bits per heavy atom. The smallest absolute Gasteiger partial charge is 0.164 e. The molecule has 0 unspecified atom stereocenters. The van der Waals surface area contributed by atoms with Gasteiger partial charge in [0.2, 0.25) is 0 Å². The summed E-state index contributed by atoms with van der Waals surface area (Å²) in [7, 11) is 3.34. The van der Waals surface area contributed by atoms with Gasteiger partial charge in [0.1, 0.15) is 11.9 Å². The van der Waals surface area contributed by atoms with Crippen LogP contribution in [0.4, 0.5) is 4.39 Å². The van der Waals surface area contributed by atoms with Crippen molar-refractivity contribution in [2.45, 2.75) is 18.9 Å². The minimum absolute atomic E-state index is 0.0732. The monoisotopic (exact) mass is 419 g/mol. The average molecular weight is 420 g/mol. The van der Waals surface area contributed by atoms with Gasteiger partial charge in [-0.25, -0.2) is 4.39 Å². The lowest BCUT2D eigenvalue weighted by molar-refractivity contribution is -0.693. The molecule has 0 saturated heterocycles. The van der Waals surface area contributed by atoms with Crippen LogP contribution in [-0.2, 0) is 0 Å². The molecule has 1 heterocycles. The van der Waals surface area contributed by atoms with Crippen molar-refractivity contribution in [3.63, 3.8) is 0 Å². The summed E-state index contributed by atoms with van der Waals surface area (Å²) in [5.41, 5.74) is 4.49. The topological polar surface area (TPSA) is 50.9 Å². The molecular weight excluding hydrogens is 391 g/mol. The Labute approximate surface area is 182 Å². The number of H-pyrrole nitrogens is 1. The molecule has 0 aliphatic rings. The summed E-state index contributed by atoms with van der Waals surface area (Å²) >= 11 is 0. The molecule has 5 heteroatoms. The molecule has 4 rings (SSSR count). The fourth-order valence-electron chi connectivity index (χ4n) is 4.23. The zero-order valence-corrected chi connectivity index (χ0v) is 18.1. The molecule has 2 atom stereocenters. The lowest BCUT2D eigenvalue weighted by Gasteiger charge is -2.22. The Bertz CT molecular complexity index is 1150. The van der Waals surface area contributed by atoms with Gasteiger partial charge in [0.05, 0.1) is 26.7 Å². The van der Waals surface area contributed by atoms with Crippen LogP contribution in [0.3, 0.4) is 0 Å². The molecule has 160 valence electrons. The molecule has 4 nitrogen and oxygen atoms in total. The number of aromatic nitrogens is 1. The highest BCUT2D eigenvalue weighted by Gasteiger charge is 2.26. The predicted octanol–water partition coefficient (Wildman–Crippen LogP) is 4.78. The summed E-state index contributed by atoms with van der Waals surface area (Å²) in [6.07, 6.45) is 2.09. The molecule has 0 aliphatic heterocycles. The number of ether oxygens (including phenoxy) is 2. The van der Waals surface area contributed by atoms with Crippen molar-refractivity contribution < 1.29 is 19.2 Å². The van der Waals surface area contributed by atoms with Crippen molar-refractivity contribution in [3.8, 4) is 11.5 Å². The Morgan fingerprint density at radius 2 is 1.68 bits per heavy atom. The Morgan fingerprint density at radius 3 is 2.42 bits per heavy atom. The predicted molar refractivity (Wildman–Crippen MR) is 121 cm³/mol. The number of quaternary nitrogens is 1. The van der Waals surface area contributed by atoms with Crippen molar-refractivity contribution >= 4 is 10.9 Å². The first-order chi connectivity index (χ1) is 15.1. The Kier molecular flexibility index (Phi) is 6.23. The number of hydrogen-bond donors (Lipinski definition) is 2. The van der Waals surface area contributed by atoms with E-state index in [1.165, 1.54) is 23.1 Å². The number of para-hydroxylation sites is 2. The van der Waals surface area contributed by atoms with Crippen molar-refractivity contribution in [2.75, 3.05) is 20.8 Å². The second kappa shape index (κ2) is 9.23. The normalized spacial score (nSPS) is 13.2. The highest BCUT2D eigenvalue weighted by molar-refractivity contribution is 5.84. The highest BCUT2D eigenvalue weighted by Crippen LogP contribution is 2.39. The van der Waals surface area contributed by atoms with Crippen molar-refractivity contribution in [1.29, 1.82) is 0 Å². The second-order valence-electron chi connectivity index (χ2n) is 7.74. The van der Waals surface area contributed by atoms with Gasteiger partial charge in [0.15, 0.2) is 11.5 Å². The van der Waals surface area contributed by atoms with Gasteiger partial charge in [0, 0.05) is 28.2 Å². The Hall–Kier alpha value is -3.31. The van der Waals surface area contributed by atoms with E-state index in [1.807, 2.05) is 30.3 Å². The van der Waals surface area contributed by atoms with Gasteiger partial charge >= 0.3 is 0 Å². The number of nitrogens with one attached hydrogen (secondary N) is 1. The lowest BCUT2D eigenvalue weighted by Crippen LogP contribution is -2.85. The number of halogens is 1. The fraction of sp³-hybridized carbons (Fsp3) is 0.231. The minimum atomic E-state index is -0.214. The van der Waals surface area contributed by atoms with Crippen LogP contribution in [0.1, 0.15) is 35.6 Å². The van der Waals surface area contributed by atoms with E-state index in [9.17, 15) is 4.39 Å². The molecule has 0 bridgehead atoms. The van der Waals surface area contributed by atoms with Gasteiger partial charge in [0.25, 0.3) is 0 Å². The quantitative estimate of drug-likeness (QED) is 0.432. The third-order valence-electron chi connectivity index (χ3n) is 5.93. The maximum atomic E-state index is 13.3. The summed E-state index contributed by atoms with van der Waals surface area (Å²) in [5, 5.41) is 3.48. The number of rotatable bonds is 8. The summed E-state index contributed by atoms with van der Waals surface area (Å²) < 4.78 is 24.7. The first-order valence-electron chi connectivity index (χ1n) is 10.5. The SMILES string of the molecule is COc1cccc([C@@H](C[NH2+][C@H](C)c2ccc(F)cc2)c2c[nH]c3ccccc23)c1OC. The lowest BCUT2D eigenvalue weighted by atomic mass is 9.89. The zero-order valence-electron chi connectivity index (χ0n) is 18.1. The van der Waals surface area contributed by atoms with Crippen LogP contribution in [-0.4, -0.2) is 25.7 Å². The number of benzene rings is 3. The van der Waals surface area contributed by atoms with Gasteiger partial charge in [-0.3, -0.25) is 0 Å². The minimum Gasteiger partial charge on any atom is -0.493 e. The third-order valence-corrected chi connectivity index (χ3v) is 5.93. The number of fused-ring (bicyclic) bond motifs is 1. The van der Waals surface area contributed by atoms with Gasteiger partial charge in [-0.1, -0.05) is 42.5 Å². The number of nitrogens with two attached hydrogens (primary N) is 1. The summed E-state index contributed by atoms with van der Waals surface area (Å²) in [4.78, 5) is 3.40. The van der Waals surface area contributed by atoms with Gasteiger partial charge < -0.3 is 19.8 Å². The van der Waals surface area contributed by atoms with E-state index in [1.54, 1.807) is 14.2 Å². The molecule has 1 aromatic heterocycles. The van der Waals surface area contributed by atoms with Gasteiger partial charge in [-0.2, -0.15) is 0 Å². The maximum Gasteiger partial charge on any atom is 0.164 e. The van der Waals surface area contributed by atoms with E-state index < -0.39 is 0 Å². The molecule has 0 fully saturated rings. The second-order valence-corrected chi connectivity index (χ2v) is 7.74. The maximum absolute atomic E-state index is 13.3. The van der Waals surface area contributed by atoms with Crippen LogP contribution in [0.5, 0.6) is 11.5 Å². The molecule has 0 saturated carbocycles. The largest absolute Gasteiger partial charge is 0.493 e. The number of hydrogen-bond acceptors (Lipinski definition) is 2. The molecule has 0 amide bonds. The zero-order chi connectivity index (χ0) is 21.8. The first kappa shape index (κ1) is 20.9. The standard InChI is InChI=1S/C26H27FN2O2/c1-17(18-11-13-19(27)14-12-18)28-15-23(21-8-6-10-25(30-2)26(21)31-3)22-16-29-24-9-5-4-7-20(22)24/h4-14,16-17,23,28-29H,15H2,1-3H3/p+1/t17-,23-/m1/s1. The summed E-state index contributed by atoms with van der Waals surface area (Å²) in [5.74, 6) is 1.33. The average Bonchev–Trinajstić information content (AvgIpc) is 3.23. The van der Waals surface area contributed by atoms with E-state index in [-0.39, 0.29) is 17.8 Å². The van der Waals surface area contributed by atoms with Gasteiger partial charge in [-0.05, 0) is 36.8 Å². The van der Waals surface area contributed by atoms with Crippen LogP contribution in [0.25, 0.3) is 10.9 Å². The van der Waals surface area contributed by atoms with Gasteiger partial charge in [-0.15, -0.1) is 0 Å². The molecule has 4 aromatic rings. The number of methoxy groups -OCH3 is 2. The van der Waals surface area contributed by atoms with Crippen molar-refractivity contribution in [3.05, 3.63) is 95.4 Å². The first-order valence-corrected chi connectivity index (χ1v) is 10.5. The van der Waals surface area contributed by atoms with E-state index in [2.05, 4.69) is 47.7 Å². The molecule has 0 aliphatic carbocycles. The van der Waals surface area contributed by atoms with E-state index in [4.69, 9.17) is 9.47 Å². The van der Waals surface area contributed by atoms with E-state index in [0.717, 1.165) is 34.7 Å². The number of aromatic amines is 1. The molecule has 3 N–H and O–H groups in total. The highest BCUT2D eigenvalue weighted by atomic mass is 19.1. The fourth-order valence-corrected chi connectivity index (χ4v) is 4.23. The molecule has 0 radical (unpaired) electrons. The van der Waals surface area contributed by atoms with Crippen molar-refractivity contribution in [1.82, 2.24) is 4.98 Å². The van der Waals surface area contributed by atoms with Crippen LogP contribution in [0.15, 0.2) is 72.9 Å². The third kappa shape index (κ3) is 4.28. The van der Waals surface area contributed by atoms with Crippen molar-refractivity contribution in [2.24, 2.45) is 0 Å². The van der Waals surface area contributed by atoms with Crippen LogP contribution in [0, 0.1) is 5.82 Å². The van der Waals surface area contributed by atoms with Crippen LogP contribution in [0.2, 0.25) is 0 Å². The molecule has 3 aromatic carbocycles. The molecule has 31 heavy (non-hydrogen) atoms. The summed E-state index contributed by atoms with van der Waals surface area (Å²) in [6, 6.07) is 21.3.